The second kappa shape index (κ2) is 7.26. The number of sulfone groups is 1. The van der Waals surface area contributed by atoms with Crippen LogP contribution in [0.2, 0.25) is 5.02 Å². The fraction of sp³-hybridized carbons (Fsp3) is 0.286. The fourth-order valence-electron chi connectivity index (χ4n) is 3.85. The van der Waals surface area contributed by atoms with Crippen LogP contribution >= 0.6 is 11.6 Å². The summed E-state index contributed by atoms with van der Waals surface area (Å²) in [7, 11) is -1.48. The molecule has 0 saturated carbocycles. The maximum Gasteiger partial charge on any atom is 0.254 e. The molecule has 5 nitrogen and oxygen atoms in total. The van der Waals surface area contributed by atoms with Crippen molar-refractivity contribution in [1.82, 2.24) is 9.47 Å². The van der Waals surface area contributed by atoms with Crippen LogP contribution in [-0.2, 0) is 16.9 Å². The van der Waals surface area contributed by atoms with Gasteiger partial charge in [0, 0.05) is 47.8 Å². The summed E-state index contributed by atoms with van der Waals surface area (Å²) >= 11 is 5.86. The number of rotatable bonds is 3. The zero-order valence-electron chi connectivity index (χ0n) is 15.5. The predicted octanol–water partition coefficient (Wildman–Crippen LogP) is 3.91. The van der Waals surface area contributed by atoms with Crippen LogP contribution in [-0.4, -0.2) is 42.1 Å². The van der Waals surface area contributed by atoms with Crippen molar-refractivity contribution in [2.24, 2.45) is 7.05 Å². The van der Waals surface area contributed by atoms with Crippen molar-refractivity contribution in [1.29, 1.82) is 0 Å². The number of hydrogen-bond donors (Lipinski definition) is 0. The lowest BCUT2D eigenvalue weighted by molar-refractivity contribution is 0.0727. The zero-order chi connectivity index (χ0) is 19.9. The van der Waals surface area contributed by atoms with E-state index < -0.39 is 15.1 Å². The van der Waals surface area contributed by atoms with Gasteiger partial charge < -0.3 is 9.47 Å². The first-order valence-electron chi connectivity index (χ1n) is 9.21. The summed E-state index contributed by atoms with van der Waals surface area (Å²) in [5.74, 6) is -0.0425. The number of aromatic nitrogens is 1. The van der Waals surface area contributed by atoms with Crippen molar-refractivity contribution < 1.29 is 13.2 Å². The van der Waals surface area contributed by atoms with Crippen molar-refractivity contribution in [2.45, 2.75) is 23.0 Å². The van der Waals surface area contributed by atoms with Crippen molar-refractivity contribution >= 4 is 38.2 Å². The van der Waals surface area contributed by atoms with Crippen molar-refractivity contribution in [2.75, 3.05) is 13.1 Å². The summed E-state index contributed by atoms with van der Waals surface area (Å²) in [5, 5.41) is 0.950. The van der Waals surface area contributed by atoms with Gasteiger partial charge in [-0.3, -0.25) is 4.79 Å². The Morgan fingerprint density at radius 2 is 1.71 bits per heavy atom. The molecule has 1 aliphatic rings. The SMILES string of the molecule is Cn1ccc2c(C(=O)N3CCC(S(=O)(=O)c4ccc(Cl)cc4)CC3)cccc21. The number of piperidine rings is 1. The van der Waals surface area contributed by atoms with Gasteiger partial charge in [-0.1, -0.05) is 17.7 Å². The van der Waals surface area contributed by atoms with Gasteiger partial charge in [0.05, 0.1) is 10.1 Å². The van der Waals surface area contributed by atoms with Crippen molar-refractivity contribution in [3.05, 3.63) is 65.3 Å². The highest BCUT2D eigenvalue weighted by atomic mass is 35.5. The van der Waals surface area contributed by atoms with E-state index in [4.69, 9.17) is 11.6 Å². The van der Waals surface area contributed by atoms with Gasteiger partial charge in [0.2, 0.25) is 0 Å². The molecule has 146 valence electrons. The van der Waals surface area contributed by atoms with Gasteiger partial charge in [-0.05, 0) is 55.3 Å². The minimum atomic E-state index is -3.42. The molecule has 1 saturated heterocycles. The van der Waals surface area contributed by atoms with E-state index in [9.17, 15) is 13.2 Å². The van der Waals surface area contributed by atoms with Gasteiger partial charge in [0.1, 0.15) is 0 Å². The second-order valence-corrected chi connectivity index (χ2v) is 9.82. The number of fused-ring (bicyclic) bond motifs is 1. The Labute approximate surface area is 169 Å². The largest absolute Gasteiger partial charge is 0.351 e. The van der Waals surface area contributed by atoms with Crippen LogP contribution in [0, 0.1) is 0 Å². The molecular weight excluding hydrogens is 396 g/mol. The predicted molar refractivity (Wildman–Crippen MR) is 110 cm³/mol. The maximum absolute atomic E-state index is 13.0. The number of carbonyl (C=O) groups is 1. The first-order chi connectivity index (χ1) is 13.4. The summed E-state index contributed by atoms with van der Waals surface area (Å²) in [6.45, 7) is 0.860. The summed E-state index contributed by atoms with van der Waals surface area (Å²) in [6.07, 6.45) is 2.80. The van der Waals surface area contributed by atoms with Crippen LogP contribution in [0.4, 0.5) is 0 Å². The number of benzene rings is 2. The van der Waals surface area contributed by atoms with E-state index in [0.29, 0.717) is 36.5 Å². The van der Waals surface area contributed by atoms with Crippen LogP contribution in [0.15, 0.2) is 59.6 Å². The molecule has 1 amide bonds. The Bertz CT molecular complexity index is 1130. The van der Waals surface area contributed by atoms with E-state index in [0.717, 1.165) is 10.9 Å². The number of likely N-dealkylation sites (tertiary alicyclic amines) is 1. The highest BCUT2D eigenvalue weighted by molar-refractivity contribution is 7.92. The summed E-state index contributed by atoms with van der Waals surface area (Å²) in [6, 6.07) is 13.9. The fourth-order valence-corrected chi connectivity index (χ4v) is 5.70. The van der Waals surface area contributed by atoms with Crippen molar-refractivity contribution in [3.63, 3.8) is 0 Å². The third kappa shape index (κ3) is 3.31. The Kier molecular flexibility index (Phi) is 4.93. The van der Waals surface area contributed by atoms with E-state index >= 15 is 0 Å². The van der Waals surface area contributed by atoms with E-state index in [1.54, 1.807) is 29.2 Å². The van der Waals surface area contributed by atoms with E-state index in [1.165, 1.54) is 0 Å². The molecule has 2 heterocycles. The van der Waals surface area contributed by atoms with E-state index in [-0.39, 0.29) is 10.8 Å². The van der Waals surface area contributed by atoms with Gasteiger partial charge in [-0.2, -0.15) is 0 Å². The van der Waals surface area contributed by atoms with Gasteiger partial charge >= 0.3 is 0 Å². The normalized spacial score (nSPS) is 15.9. The standard InChI is InChI=1S/C21H21ClN2O3S/c1-23-12-11-18-19(3-2-4-20(18)23)21(25)24-13-9-17(10-14-24)28(26,27)16-7-5-15(22)6-8-16/h2-8,11-12,17H,9-10,13-14H2,1H3. The van der Waals surface area contributed by atoms with Gasteiger partial charge in [0.15, 0.2) is 9.84 Å². The molecule has 0 unspecified atom stereocenters. The number of halogens is 1. The number of aryl methyl sites for hydroxylation is 1. The molecule has 0 N–H and O–H groups in total. The third-order valence-corrected chi connectivity index (χ3v) is 8.00. The quantitative estimate of drug-likeness (QED) is 0.650. The lowest BCUT2D eigenvalue weighted by atomic mass is 10.1. The Balaban J connectivity index is 1.50. The topological polar surface area (TPSA) is 59.4 Å². The first-order valence-corrected chi connectivity index (χ1v) is 11.1. The molecule has 7 heteroatoms. The lowest BCUT2D eigenvalue weighted by Gasteiger charge is -2.32. The second-order valence-electron chi connectivity index (χ2n) is 7.16. The maximum atomic E-state index is 13.0. The highest BCUT2D eigenvalue weighted by Gasteiger charge is 2.33. The molecule has 28 heavy (non-hydrogen) atoms. The Morgan fingerprint density at radius 3 is 2.39 bits per heavy atom. The van der Waals surface area contributed by atoms with Crippen LogP contribution in [0.3, 0.4) is 0 Å². The number of nitrogens with zero attached hydrogens (tertiary/aromatic N) is 2. The van der Waals surface area contributed by atoms with Crippen molar-refractivity contribution in [3.8, 4) is 0 Å². The minimum absolute atomic E-state index is 0.0425. The molecule has 0 bridgehead atoms. The van der Waals surface area contributed by atoms with Gasteiger partial charge in [-0.15, -0.1) is 0 Å². The number of carbonyl (C=O) groups excluding carboxylic acids is 1. The first kappa shape index (κ1) is 19.0. The Hall–Kier alpha value is -2.31. The average Bonchev–Trinajstić information content (AvgIpc) is 3.09. The molecule has 1 aliphatic heterocycles. The molecule has 2 aromatic carbocycles. The molecule has 4 rings (SSSR count). The number of hydrogen-bond acceptors (Lipinski definition) is 3. The molecule has 0 atom stereocenters. The molecular formula is C21H21ClN2O3S. The average molecular weight is 417 g/mol. The Morgan fingerprint density at radius 1 is 1.04 bits per heavy atom. The summed E-state index contributed by atoms with van der Waals surface area (Å²) in [5.41, 5.74) is 1.67. The minimum Gasteiger partial charge on any atom is -0.351 e. The summed E-state index contributed by atoms with van der Waals surface area (Å²) in [4.78, 5) is 15.1. The molecule has 3 aromatic rings. The van der Waals surface area contributed by atoms with Crippen LogP contribution in [0.5, 0.6) is 0 Å². The van der Waals surface area contributed by atoms with Crippen LogP contribution < -0.4 is 0 Å². The number of amides is 1. The van der Waals surface area contributed by atoms with Crippen LogP contribution in [0.25, 0.3) is 10.9 Å². The van der Waals surface area contributed by atoms with Crippen LogP contribution in [0.1, 0.15) is 23.2 Å². The monoisotopic (exact) mass is 416 g/mol. The summed E-state index contributed by atoms with van der Waals surface area (Å²) < 4.78 is 27.7. The molecule has 0 spiro atoms. The van der Waals surface area contributed by atoms with E-state index in [2.05, 4.69) is 0 Å². The van der Waals surface area contributed by atoms with E-state index in [1.807, 2.05) is 42.1 Å². The molecule has 1 fully saturated rings. The molecule has 0 aliphatic carbocycles. The highest BCUT2D eigenvalue weighted by Crippen LogP contribution is 2.27. The third-order valence-electron chi connectivity index (χ3n) is 5.47. The zero-order valence-corrected chi connectivity index (χ0v) is 17.1. The molecule has 1 aromatic heterocycles. The van der Waals surface area contributed by atoms with Gasteiger partial charge in [-0.25, -0.2) is 8.42 Å². The lowest BCUT2D eigenvalue weighted by Crippen LogP contribution is -2.42. The smallest absolute Gasteiger partial charge is 0.254 e. The van der Waals surface area contributed by atoms with Gasteiger partial charge in [0.25, 0.3) is 5.91 Å². The molecule has 0 radical (unpaired) electrons.